The minimum Gasteiger partial charge on any atom is -0.316 e. The van der Waals surface area contributed by atoms with Gasteiger partial charge in [-0.15, -0.1) is 0 Å². The number of hydrogen-bond acceptors (Lipinski definition) is 4. The van der Waals surface area contributed by atoms with E-state index in [1.54, 1.807) is 11.4 Å². The van der Waals surface area contributed by atoms with Crippen LogP contribution in [0.15, 0.2) is 5.03 Å². The molecule has 0 atom stereocenters. The fourth-order valence-corrected chi connectivity index (χ4v) is 4.26. The van der Waals surface area contributed by atoms with Gasteiger partial charge in [-0.25, -0.2) is 8.42 Å². The molecule has 0 aliphatic heterocycles. The minimum absolute atomic E-state index is 0.160. The van der Waals surface area contributed by atoms with Gasteiger partial charge in [0.25, 0.3) is 10.0 Å². The van der Waals surface area contributed by atoms with Crippen LogP contribution in [0.25, 0.3) is 0 Å². The van der Waals surface area contributed by atoms with Gasteiger partial charge >= 0.3 is 0 Å². The molecule has 1 heterocycles. The molecule has 6 nitrogen and oxygen atoms in total. The predicted octanol–water partition coefficient (Wildman–Crippen LogP) is 1.64. The fourth-order valence-electron chi connectivity index (χ4n) is 2.39. The number of nitrogens with one attached hydrogen (secondary N) is 2. The van der Waals surface area contributed by atoms with Crippen molar-refractivity contribution in [2.75, 3.05) is 13.6 Å². The van der Waals surface area contributed by atoms with Crippen LogP contribution >= 0.6 is 0 Å². The predicted molar refractivity (Wildman–Crippen MR) is 82.5 cm³/mol. The number of nitrogens with zero attached hydrogens (tertiary/aromatic N) is 2. The molecule has 1 fully saturated rings. The summed E-state index contributed by atoms with van der Waals surface area (Å²) in [6.07, 6.45) is 2.80. The van der Waals surface area contributed by atoms with Crippen molar-refractivity contribution in [3.05, 3.63) is 11.3 Å². The summed E-state index contributed by atoms with van der Waals surface area (Å²) in [5.74, 6) is 0.485. The zero-order valence-electron chi connectivity index (χ0n) is 13.3. The molecule has 0 bridgehead atoms. The maximum atomic E-state index is 13.0. The first-order chi connectivity index (χ1) is 9.87. The molecule has 1 aliphatic rings. The Hall–Kier alpha value is -0.920. The molecule has 0 saturated heterocycles. The van der Waals surface area contributed by atoms with E-state index in [0.29, 0.717) is 19.0 Å². The lowest BCUT2D eigenvalue weighted by Crippen LogP contribution is -2.35. The van der Waals surface area contributed by atoms with Crippen LogP contribution in [0.5, 0.6) is 0 Å². The molecule has 120 valence electrons. The largest absolute Gasteiger partial charge is 0.316 e. The number of hydrogen-bond donors (Lipinski definition) is 2. The summed E-state index contributed by atoms with van der Waals surface area (Å²) in [5, 5.41) is 10.1. The van der Waals surface area contributed by atoms with Gasteiger partial charge in [-0.05, 0) is 39.2 Å². The summed E-state index contributed by atoms with van der Waals surface area (Å²) >= 11 is 0. The van der Waals surface area contributed by atoms with E-state index in [4.69, 9.17) is 0 Å². The molecule has 21 heavy (non-hydrogen) atoms. The van der Waals surface area contributed by atoms with Crippen molar-refractivity contribution in [1.29, 1.82) is 0 Å². The second kappa shape index (κ2) is 6.46. The fraction of sp³-hybridized carbons (Fsp3) is 0.786. The number of aromatic nitrogens is 2. The van der Waals surface area contributed by atoms with Gasteiger partial charge in [0.15, 0.2) is 5.03 Å². The van der Waals surface area contributed by atoms with E-state index < -0.39 is 10.0 Å². The topological polar surface area (TPSA) is 78.1 Å². The summed E-state index contributed by atoms with van der Waals surface area (Å²) in [7, 11) is -1.71. The smallest absolute Gasteiger partial charge is 0.262 e. The van der Waals surface area contributed by atoms with E-state index in [-0.39, 0.29) is 11.1 Å². The maximum absolute atomic E-state index is 13.0. The lowest BCUT2D eigenvalue weighted by Gasteiger charge is -2.22. The summed E-state index contributed by atoms with van der Waals surface area (Å²) in [6, 6.07) is 0.160. The Bertz CT molecular complexity index is 576. The van der Waals surface area contributed by atoms with Crippen LogP contribution in [0, 0.1) is 12.8 Å². The van der Waals surface area contributed by atoms with Crippen molar-refractivity contribution in [3.63, 3.8) is 0 Å². The Kier molecular flexibility index (Phi) is 5.06. The lowest BCUT2D eigenvalue weighted by molar-refractivity contribution is 0.371. The number of rotatable bonds is 8. The van der Waals surface area contributed by atoms with Crippen molar-refractivity contribution < 1.29 is 8.42 Å². The molecular weight excluding hydrogens is 288 g/mol. The van der Waals surface area contributed by atoms with Crippen molar-refractivity contribution >= 4 is 10.0 Å². The molecule has 1 aromatic rings. The molecule has 0 unspecified atom stereocenters. The highest BCUT2D eigenvalue weighted by Crippen LogP contribution is 2.33. The molecule has 0 radical (unpaired) electrons. The van der Waals surface area contributed by atoms with Crippen molar-refractivity contribution in [1.82, 2.24) is 19.8 Å². The SMILES string of the molecule is CNCc1c(S(=O)(=O)N(CCC(C)C)C2CC2)n[nH]c1C. The Morgan fingerprint density at radius 1 is 1.43 bits per heavy atom. The standard InChI is InChI=1S/C14H26N4O2S/c1-10(2)7-8-18(12-5-6-12)21(19,20)14-13(9-15-4)11(3)16-17-14/h10,12,15H,5-9H2,1-4H3,(H,16,17). The van der Waals surface area contributed by atoms with Gasteiger partial charge in [0.2, 0.25) is 0 Å². The first kappa shape index (κ1) is 16.5. The van der Waals surface area contributed by atoms with E-state index in [1.165, 1.54) is 0 Å². The van der Waals surface area contributed by atoms with E-state index in [9.17, 15) is 8.42 Å². The van der Waals surface area contributed by atoms with Crippen molar-refractivity contribution in [3.8, 4) is 0 Å². The monoisotopic (exact) mass is 314 g/mol. The quantitative estimate of drug-likeness (QED) is 0.764. The second-order valence-corrected chi connectivity index (χ2v) is 8.00. The van der Waals surface area contributed by atoms with Crippen LogP contribution in [0.4, 0.5) is 0 Å². The highest BCUT2D eigenvalue weighted by molar-refractivity contribution is 7.89. The molecule has 7 heteroatoms. The lowest BCUT2D eigenvalue weighted by atomic mass is 10.1. The summed E-state index contributed by atoms with van der Waals surface area (Å²) < 4.78 is 27.6. The van der Waals surface area contributed by atoms with Gasteiger partial charge in [-0.2, -0.15) is 9.40 Å². The van der Waals surface area contributed by atoms with Gasteiger partial charge in [-0.3, -0.25) is 5.10 Å². The first-order valence-electron chi connectivity index (χ1n) is 7.58. The molecule has 0 aromatic carbocycles. The molecule has 1 saturated carbocycles. The zero-order valence-corrected chi connectivity index (χ0v) is 14.1. The summed E-state index contributed by atoms with van der Waals surface area (Å²) in [5.41, 5.74) is 1.55. The molecular formula is C14H26N4O2S. The van der Waals surface area contributed by atoms with E-state index >= 15 is 0 Å². The normalized spacial score (nSPS) is 16.1. The van der Waals surface area contributed by atoms with Gasteiger partial charge in [0.05, 0.1) is 0 Å². The molecule has 0 amide bonds. The van der Waals surface area contributed by atoms with E-state index in [2.05, 4.69) is 29.4 Å². The third-order valence-electron chi connectivity index (χ3n) is 3.82. The van der Waals surface area contributed by atoms with Crippen molar-refractivity contribution in [2.24, 2.45) is 5.92 Å². The van der Waals surface area contributed by atoms with Gasteiger partial charge < -0.3 is 5.32 Å². The number of H-pyrrole nitrogens is 1. The van der Waals surface area contributed by atoms with Crippen LogP contribution in [-0.4, -0.2) is 42.6 Å². The Morgan fingerprint density at radius 2 is 2.10 bits per heavy atom. The third kappa shape index (κ3) is 3.64. The Balaban J connectivity index is 2.30. The average Bonchev–Trinajstić information content (AvgIpc) is 3.15. The highest BCUT2D eigenvalue weighted by Gasteiger charge is 2.40. The first-order valence-corrected chi connectivity index (χ1v) is 9.02. The minimum atomic E-state index is -3.51. The van der Waals surface area contributed by atoms with Crippen LogP contribution in [0.3, 0.4) is 0 Å². The molecule has 0 spiro atoms. The Morgan fingerprint density at radius 3 is 2.62 bits per heavy atom. The molecule has 2 N–H and O–H groups in total. The Labute approximate surface area is 127 Å². The van der Waals surface area contributed by atoms with Crippen LogP contribution in [0.2, 0.25) is 0 Å². The van der Waals surface area contributed by atoms with Crippen LogP contribution in [-0.2, 0) is 16.6 Å². The van der Waals surface area contributed by atoms with Crippen LogP contribution < -0.4 is 5.32 Å². The number of aryl methyl sites for hydroxylation is 1. The maximum Gasteiger partial charge on any atom is 0.262 e. The third-order valence-corrected chi connectivity index (χ3v) is 5.75. The number of sulfonamides is 1. The molecule has 2 rings (SSSR count). The van der Waals surface area contributed by atoms with Gasteiger partial charge in [0, 0.05) is 30.4 Å². The zero-order chi connectivity index (χ0) is 15.6. The number of aromatic amines is 1. The van der Waals surface area contributed by atoms with Crippen LogP contribution in [0.1, 0.15) is 44.4 Å². The second-order valence-electron chi connectivity index (χ2n) is 6.19. The van der Waals surface area contributed by atoms with Crippen molar-refractivity contribution in [2.45, 2.75) is 57.6 Å². The summed E-state index contributed by atoms with van der Waals surface area (Å²) in [6.45, 7) is 7.16. The molecule has 1 aliphatic carbocycles. The van der Waals surface area contributed by atoms with E-state index in [1.807, 2.05) is 6.92 Å². The van der Waals surface area contributed by atoms with E-state index in [0.717, 1.165) is 30.5 Å². The highest BCUT2D eigenvalue weighted by atomic mass is 32.2. The summed E-state index contributed by atoms with van der Waals surface area (Å²) in [4.78, 5) is 0. The molecule has 1 aromatic heterocycles. The van der Waals surface area contributed by atoms with Gasteiger partial charge in [0.1, 0.15) is 0 Å². The van der Waals surface area contributed by atoms with Gasteiger partial charge in [-0.1, -0.05) is 13.8 Å². The average molecular weight is 314 g/mol.